The van der Waals surface area contributed by atoms with Gasteiger partial charge in [0.15, 0.2) is 0 Å². The van der Waals surface area contributed by atoms with Gasteiger partial charge in [0.2, 0.25) is 10.0 Å². The number of piperidine rings is 1. The first kappa shape index (κ1) is 23.9. The Morgan fingerprint density at radius 3 is 2.52 bits per heavy atom. The molecule has 4 rings (SSSR count). The molecule has 2 aromatic carbocycles. The Bertz CT molecular complexity index is 1050. The summed E-state index contributed by atoms with van der Waals surface area (Å²) in [5, 5.41) is 2.90. The number of likely N-dealkylation sites (tertiary alicyclic amines) is 1. The van der Waals surface area contributed by atoms with Crippen LogP contribution in [0.1, 0.15) is 41.3 Å². The van der Waals surface area contributed by atoms with Crippen molar-refractivity contribution in [2.75, 3.05) is 39.4 Å². The van der Waals surface area contributed by atoms with Crippen molar-refractivity contribution in [2.24, 2.45) is 5.92 Å². The minimum atomic E-state index is -3.64. The molecule has 178 valence electrons. The van der Waals surface area contributed by atoms with E-state index < -0.39 is 10.0 Å². The van der Waals surface area contributed by atoms with E-state index in [0.29, 0.717) is 38.4 Å². The van der Waals surface area contributed by atoms with Crippen molar-refractivity contribution in [3.05, 3.63) is 65.2 Å². The largest absolute Gasteiger partial charge is 0.379 e. The van der Waals surface area contributed by atoms with Gasteiger partial charge in [0.25, 0.3) is 5.91 Å². The molecule has 2 aliphatic heterocycles. The lowest BCUT2D eigenvalue weighted by Crippen LogP contribution is -2.40. The Morgan fingerprint density at radius 1 is 1.06 bits per heavy atom. The molecule has 0 aliphatic carbocycles. The van der Waals surface area contributed by atoms with Crippen molar-refractivity contribution in [3.63, 3.8) is 0 Å². The summed E-state index contributed by atoms with van der Waals surface area (Å²) in [5.74, 6) is 0.469. The smallest absolute Gasteiger partial charge is 0.251 e. The number of rotatable bonds is 7. The molecule has 0 spiro atoms. The minimum Gasteiger partial charge on any atom is -0.379 e. The average Bonchev–Trinajstić information content (AvgIpc) is 2.84. The second kappa shape index (κ2) is 10.8. The van der Waals surface area contributed by atoms with E-state index in [1.54, 1.807) is 12.1 Å². The van der Waals surface area contributed by atoms with Gasteiger partial charge in [0.1, 0.15) is 0 Å². The predicted octanol–water partition coefficient (Wildman–Crippen LogP) is 2.87. The molecule has 1 N–H and O–H groups in total. The Labute approximate surface area is 196 Å². The first-order chi connectivity index (χ1) is 15.9. The number of ether oxygens (including phenoxy) is 1. The fourth-order valence-electron chi connectivity index (χ4n) is 4.47. The van der Waals surface area contributed by atoms with Crippen molar-refractivity contribution >= 4 is 15.9 Å². The summed E-state index contributed by atoms with van der Waals surface area (Å²) >= 11 is 0. The number of amides is 1. The molecule has 33 heavy (non-hydrogen) atoms. The molecular weight excluding hydrogens is 438 g/mol. The Morgan fingerprint density at radius 2 is 1.79 bits per heavy atom. The van der Waals surface area contributed by atoms with Crippen LogP contribution < -0.4 is 5.32 Å². The summed E-state index contributed by atoms with van der Waals surface area (Å²) in [7, 11) is -3.64. The molecule has 2 aliphatic rings. The lowest BCUT2D eigenvalue weighted by molar-refractivity contribution is 0.0730. The van der Waals surface area contributed by atoms with E-state index in [9.17, 15) is 13.2 Å². The van der Waals surface area contributed by atoms with Gasteiger partial charge in [0.05, 0.1) is 18.1 Å². The number of sulfonamides is 1. The van der Waals surface area contributed by atoms with Crippen LogP contribution in [-0.4, -0.2) is 62.9 Å². The third-order valence-electron chi connectivity index (χ3n) is 6.33. The van der Waals surface area contributed by atoms with Crippen LogP contribution in [0.5, 0.6) is 0 Å². The first-order valence-electron chi connectivity index (χ1n) is 11.7. The maximum absolute atomic E-state index is 12.9. The highest BCUT2D eigenvalue weighted by molar-refractivity contribution is 7.89. The second-order valence-corrected chi connectivity index (χ2v) is 11.0. The number of hydrogen-bond donors (Lipinski definition) is 1. The molecular formula is C25H33N3O4S. The monoisotopic (exact) mass is 471 g/mol. The fraction of sp³-hybridized carbons (Fsp3) is 0.480. The van der Waals surface area contributed by atoms with Crippen LogP contribution in [0, 0.1) is 5.92 Å². The molecule has 0 saturated carbocycles. The topological polar surface area (TPSA) is 79.0 Å². The van der Waals surface area contributed by atoms with Crippen LogP contribution in [0.2, 0.25) is 0 Å². The van der Waals surface area contributed by atoms with Gasteiger partial charge >= 0.3 is 0 Å². The number of carbonyl (C=O) groups excluding carboxylic acids is 1. The van der Waals surface area contributed by atoms with Gasteiger partial charge < -0.3 is 10.1 Å². The summed E-state index contributed by atoms with van der Waals surface area (Å²) in [6.07, 6.45) is 2.58. The maximum atomic E-state index is 12.9. The number of carbonyl (C=O) groups is 1. The van der Waals surface area contributed by atoms with E-state index >= 15 is 0 Å². The standard InChI is InChI=1S/C25H33N3O4S/c1-20-4-3-11-27(18-20)19-22-9-7-21(8-10-22)17-26-25(29)23-5-2-6-24(16-23)33(30,31)28-12-14-32-15-13-28/h2,5-10,16,20H,3-4,11-15,17-19H2,1H3,(H,26,29). The first-order valence-corrected chi connectivity index (χ1v) is 13.1. The molecule has 0 radical (unpaired) electrons. The molecule has 8 heteroatoms. The second-order valence-electron chi connectivity index (χ2n) is 9.03. The lowest BCUT2D eigenvalue weighted by Gasteiger charge is -2.30. The van der Waals surface area contributed by atoms with Crippen molar-refractivity contribution < 1.29 is 17.9 Å². The number of nitrogens with one attached hydrogen (secondary N) is 1. The number of nitrogens with zero attached hydrogens (tertiary/aromatic N) is 2. The maximum Gasteiger partial charge on any atom is 0.251 e. The molecule has 0 bridgehead atoms. The molecule has 7 nitrogen and oxygen atoms in total. The van der Waals surface area contributed by atoms with Crippen LogP contribution in [0.4, 0.5) is 0 Å². The highest BCUT2D eigenvalue weighted by atomic mass is 32.2. The number of morpholine rings is 1. The van der Waals surface area contributed by atoms with E-state index in [-0.39, 0.29) is 10.8 Å². The third-order valence-corrected chi connectivity index (χ3v) is 8.22. The summed E-state index contributed by atoms with van der Waals surface area (Å²) in [6, 6.07) is 14.6. The van der Waals surface area contributed by atoms with Gasteiger partial charge in [-0.2, -0.15) is 4.31 Å². The van der Waals surface area contributed by atoms with Crippen molar-refractivity contribution in [1.82, 2.24) is 14.5 Å². The van der Waals surface area contributed by atoms with Crippen LogP contribution in [0.3, 0.4) is 0 Å². The molecule has 1 atom stereocenters. The van der Waals surface area contributed by atoms with Crippen LogP contribution in [0.25, 0.3) is 0 Å². The normalized spacial score (nSPS) is 20.5. The highest BCUT2D eigenvalue weighted by Crippen LogP contribution is 2.19. The van der Waals surface area contributed by atoms with Crippen LogP contribution >= 0.6 is 0 Å². The van der Waals surface area contributed by atoms with Gasteiger partial charge in [0, 0.05) is 38.3 Å². The Balaban J connectivity index is 1.33. The van der Waals surface area contributed by atoms with Crippen molar-refractivity contribution in [2.45, 2.75) is 37.8 Å². The van der Waals surface area contributed by atoms with E-state index in [1.807, 2.05) is 12.1 Å². The summed E-state index contributed by atoms with van der Waals surface area (Å²) in [6.45, 7) is 7.38. The van der Waals surface area contributed by atoms with Gasteiger partial charge in [-0.15, -0.1) is 0 Å². The Kier molecular flexibility index (Phi) is 7.80. The van der Waals surface area contributed by atoms with Crippen molar-refractivity contribution in [1.29, 1.82) is 0 Å². The van der Waals surface area contributed by atoms with Gasteiger partial charge in [-0.05, 0) is 54.6 Å². The van der Waals surface area contributed by atoms with Gasteiger partial charge in [-0.25, -0.2) is 8.42 Å². The molecule has 2 aromatic rings. The molecule has 2 fully saturated rings. The third kappa shape index (κ3) is 6.20. The molecule has 1 amide bonds. The zero-order chi connectivity index (χ0) is 23.3. The summed E-state index contributed by atoms with van der Waals surface area (Å²) in [4.78, 5) is 15.3. The minimum absolute atomic E-state index is 0.133. The van der Waals surface area contributed by atoms with Crippen molar-refractivity contribution in [3.8, 4) is 0 Å². The van der Waals surface area contributed by atoms with Crippen LogP contribution in [0.15, 0.2) is 53.4 Å². The molecule has 0 aromatic heterocycles. The quantitative estimate of drug-likeness (QED) is 0.672. The van der Waals surface area contributed by atoms with Gasteiger partial charge in [-0.3, -0.25) is 9.69 Å². The van der Waals surface area contributed by atoms with Crippen LogP contribution in [-0.2, 0) is 27.8 Å². The SMILES string of the molecule is CC1CCCN(Cc2ccc(CNC(=O)c3cccc(S(=O)(=O)N4CCOCC4)c3)cc2)C1. The molecule has 1 unspecified atom stereocenters. The Hall–Kier alpha value is -2.26. The highest BCUT2D eigenvalue weighted by Gasteiger charge is 2.26. The van der Waals surface area contributed by atoms with E-state index in [1.165, 1.54) is 34.8 Å². The van der Waals surface area contributed by atoms with E-state index in [2.05, 4.69) is 29.3 Å². The lowest BCUT2D eigenvalue weighted by atomic mass is 9.99. The van der Waals surface area contributed by atoms with E-state index in [0.717, 1.165) is 31.1 Å². The summed E-state index contributed by atoms with van der Waals surface area (Å²) < 4.78 is 32.4. The number of benzene rings is 2. The zero-order valence-electron chi connectivity index (χ0n) is 19.2. The zero-order valence-corrected chi connectivity index (χ0v) is 20.0. The average molecular weight is 472 g/mol. The molecule has 2 heterocycles. The fourth-order valence-corrected chi connectivity index (χ4v) is 5.92. The molecule has 2 saturated heterocycles. The predicted molar refractivity (Wildman–Crippen MR) is 127 cm³/mol. The van der Waals surface area contributed by atoms with E-state index in [4.69, 9.17) is 4.74 Å². The summed E-state index contributed by atoms with van der Waals surface area (Å²) in [5.41, 5.74) is 2.62. The van der Waals surface area contributed by atoms with Gasteiger partial charge in [-0.1, -0.05) is 37.3 Å². The number of hydrogen-bond acceptors (Lipinski definition) is 5.